The van der Waals surface area contributed by atoms with Gasteiger partial charge in [-0.1, -0.05) is 20.8 Å². The first kappa shape index (κ1) is 13.2. The molecule has 0 spiro atoms. The fourth-order valence-corrected chi connectivity index (χ4v) is 1.45. The van der Waals surface area contributed by atoms with Crippen LogP contribution in [0.2, 0.25) is 0 Å². The Morgan fingerprint density at radius 1 is 1.50 bits per heavy atom. The first-order valence-corrected chi connectivity index (χ1v) is 5.65. The Balaban J connectivity index is 2.51. The minimum absolute atomic E-state index is 0.226. The molecule has 0 aromatic carbocycles. The lowest BCUT2D eigenvalue weighted by Crippen LogP contribution is -2.29. The molecule has 2 unspecified atom stereocenters. The second-order valence-electron chi connectivity index (χ2n) is 5.52. The molecule has 1 aromatic rings. The summed E-state index contributed by atoms with van der Waals surface area (Å²) >= 11 is 0. The molecule has 4 nitrogen and oxygen atoms in total. The fraction of sp³-hybridized carbons (Fsp3) is 0.750. The van der Waals surface area contributed by atoms with Gasteiger partial charge in [-0.3, -0.25) is 0 Å². The molecular formula is C12H22N2O2. The number of aromatic nitrogens is 1. The highest BCUT2D eigenvalue weighted by Gasteiger charge is 2.23. The van der Waals surface area contributed by atoms with Crippen LogP contribution in [0, 0.1) is 12.3 Å². The maximum absolute atomic E-state index is 9.92. The van der Waals surface area contributed by atoms with Gasteiger partial charge >= 0.3 is 0 Å². The molecule has 0 saturated carbocycles. The zero-order valence-corrected chi connectivity index (χ0v) is 10.5. The van der Waals surface area contributed by atoms with Crippen LogP contribution in [0.5, 0.6) is 0 Å². The van der Waals surface area contributed by atoms with Gasteiger partial charge in [0.2, 0.25) is 5.89 Å². The Morgan fingerprint density at radius 3 is 2.56 bits per heavy atom. The number of nitrogens with zero attached hydrogens (tertiary/aromatic N) is 1. The molecule has 0 radical (unpaired) electrons. The van der Waals surface area contributed by atoms with Crippen molar-refractivity contribution in [1.82, 2.24) is 4.98 Å². The Bertz CT molecular complexity index is 328. The maximum atomic E-state index is 9.92. The zero-order valence-electron chi connectivity index (χ0n) is 10.5. The van der Waals surface area contributed by atoms with Gasteiger partial charge in [-0.2, -0.15) is 0 Å². The average molecular weight is 226 g/mol. The van der Waals surface area contributed by atoms with E-state index in [2.05, 4.69) is 25.8 Å². The molecule has 92 valence electrons. The third-order valence-electron chi connectivity index (χ3n) is 2.53. The molecule has 16 heavy (non-hydrogen) atoms. The van der Waals surface area contributed by atoms with Crippen LogP contribution in [0.15, 0.2) is 10.6 Å². The van der Waals surface area contributed by atoms with Crippen LogP contribution in [0.3, 0.4) is 0 Å². The van der Waals surface area contributed by atoms with Crippen LogP contribution in [0.4, 0.5) is 0 Å². The van der Waals surface area contributed by atoms with E-state index in [0.29, 0.717) is 11.7 Å². The quantitative estimate of drug-likeness (QED) is 0.825. The Labute approximate surface area is 96.9 Å². The molecule has 3 N–H and O–H groups in total. The van der Waals surface area contributed by atoms with E-state index in [0.717, 1.165) is 12.8 Å². The number of aliphatic hydroxyl groups excluding tert-OH is 1. The minimum atomic E-state index is -0.809. The van der Waals surface area contributed by atoms with Crippen molar-refractivity contribution in [2.45, 2.75) is 52.7 Å². The largest absolute Gasteiger partial charge is 0.443 e. The summed E-state index contributed by atoms with van der Waals surface area (Å²) in [5.74, 6) is 1.01. The summed E-state index contributed by atoms with van der Waals surface area (Å²) in [6, 6.07) is -0.322. The number of aliphatic hydroxyl groups is 1. The van der Waals surface area contributed by atoms with E-state index in [-0.39, 0.29) is 11.5 Å². The predicted octanol–water partition coefficient (Wildman–Crippen LogP) is 2.17. The summed E-state index contributed by atoms with van der Waals surface area (Å²) in [5, 5.41) is 9.92. The second-order valence-corrected chi connectivity index (χ2v) is 5.52. The van der Waals surface area contributed by atoms with Crippen molar-refractivity contribution in [2.24, 2.45) is 11.1 Å². The molecule has 0 fully saturated rings. The Morgan fingerprint density at radius 2 is 2.12 bits per heavy atom. The highest BCUT2D eigenvalue weighted by atomic mass is 16.4. The molecule has 1 rings (SSSR count). The Kier molecular flexibility index (Phi) is 4.10. The molecule has 0 saturated heterocycles. The number of hydrogen-bond acceptors (Lipinski definition) is 4. The van der Waals surface area contributed by atoms with Crippen LogP contribution < -0.4 is 5.73 Å². The molecule has 0 amide bonds. The zero-order chi connectivity index (χ0) is 12.3. The summed E-state index contributed by atoms with van der Waals surface area (Å²) in [5.41, 5.74) is 6.14. The van der Waals surface area contributed by atoms with Crippen molar-refractivity contribution in [3.05, 3.63) is 17.8 Å². The summed E-state index contributed by atoms with van der Waals surface area (Å²) in [6.45, 7) is 8.26. The van der Waals surface area contributed by atoms with Gasteiger partial charge in [0.15, 0.2) is 0 Å². The van der Waals surface area contributed by atoms with E-state index < -0.39 is 6.10 Å². The van der Waals surface area contributed by atoms with Gasteiger partial charge in [-0.25, -0.2) is 4.98 Å². The predicted molar refractivity (Wildman–Crippen MR) is 62.9 cm³/mol. The third kappa shape index (κ3) is 3.94. The van der Waals surface area contributed by atoms with E-state index in [1.54, 1.807) is 13.1 Å². The lowest BCUT2D eigenvalue weighted by Gasteiger charge is -2.22. The molecule has 1 heterocycles. The Hall–Kier alpha value is -0.870. The van der Waals surface area contributed by atoms with Crippen LogP contribution in [0.1, 0.15) is 51.4 Å². The van der Waals surface area contributed by atoms with Gasteiger partial charge in [-0.15, -0.1) is 0 Å². The van der Waals surface area contributed by atoms with Crippen molar-refractivity contribution < 1.29 is 9.52 Å². The van der Waals surface area contributed by atoms with Gasteiger partial charge in [0.05, 0.1) is 6.20 Å². The van der Waals surface area contributed by atoms with Gasteiger partial charge in [0.1, 0.15) is 11.9 Å². The number of nitrogens with two attached hydrogens (primary N) is 1. The number of rotatable bonds is 4. The number of oxazole rings is 1. The smallest absolute Gasteiger partial charge is 0.224 e. The summed E-state index contributed by atoms with van der Waals surface area (Å²) < 4.78 is 5.26. The van der Waals surface area contributed by atoms with Crippen molar-refractivity contribution in [3.63, 3.8) is 0 Å². The summed E-state index contributed by atoms with van der Waals surface area (Å²) in [7, 11) is 0. The van der Waals surface area contributed by atoms with Crippen LogP contribution in [-0.4, -0.2) is 16.1 Å². The average Bonchev–Trinajstić information content (AvgIpc) is 2.59. The third-order valence-corrected chi connectivity index (χ3v) is 2.53. The molecule has 1 aromatic heterocycles. The highest BCUT2D eigenvalue weighted by molar-refractivity contribution is 4.96. The van der Waals surface area contributed by atoms with E-state index >= 15 is 0 Å². The topological polar surface area (TPSA) is 72.3 Å². The normalized spacial score (nSPS) is 16.1. The standard InChI is InChI=1S/C12H22N2O2/c1-8-7-14-11(16-8)10(15)9(13)5-6-12(2,3)4/h7,9-10,15H,5-6,13H2,1-4H3. The number of aryl methyl sites for hydroxylation is 1. The van der Waals surface area contributed by atoms with Crippen molar-refractivity contribution in [3.8, 4) is 0 Å². The van der Waals surface area contributed by atoms with Crippen molar-refractivity contribution in [2.75, 3.05) is 0 Å². The van der Waals surface area contributed by atoms with Crippen LogP contribution in [-0.2, 0) is 0 Å². The summed E-state index contributed by atoms with van der Waals surface area (Å²) in [6.07, 6.45) is 2.50. The van der Waals surface area contributed by atoms with Gasteiger partial charge in [0, 0.05) is 6.04 Å². The molecule has 0 aliphatic rings. The summed E-state index contributed by atoms with van der Waals surface area (Å²) in [4.78, 5) is 3.98. The van der Waals surface area contributed by atoms with Crippen molar-refractivity contribution >= 4 is 0 Å². The molecule has 4 heteroatoms. The van der Waals surface area contributed by atoms with E-state index in [1.165, 1.54) is 0 Å². The second kappa shape index (κ2) is 4.97. The van der Waals surface area contributed by atoms with Gasteiger partial charge < -0.3 is 15.3 Å². The lowest BCUT2D eigenvalue weighted by atomic mass is 9.88. The van der Waals surface area contributed by atoms with E-state index in [4.69, 9.17) is 10.2 Å². The van der Waals surface area contributed by atoms with E-state index in [1.807, 2.05) is 0 Å². The molecule has 0 aliphatic heterocycles. The SMILES string of the molecule is Cc1cnc(C(O)C(N)CCC(C)(C)C)o1. The first-order valence-electron chi connectivity index (χ1n) is 5.65. The van der Waals surface area contributed by atoms with Crippen LogP contribution >= 0.6 is 0 Å². The molecule has 0 aliphatic carbocycles. The van der Waals surface area contributed by atoms with E-state index in [9.17, 15) is 5.11 Å². The van der Waals surface area contributed by atoms with Gasteiger partial charge in [0.25, 0.3) is 0 Å². The van der Waals surface area contributed by atoms with Gasteiger partial charge in [-0.05, 0) is 25.2 Å². The minimum Gasteiger partial charge on any atom is -0.443 e. The maximum Gasteiger partial charge on any atom is 0.224 e. The lowest BCUT2D eigenvalue weighted by molar-refractivity contribution is 0.105. The first-order chi connectivity index (χ1) is 7.29. The molecule has 2 atom stereocenters. The molecular weight excluding hydrogens is 204 g/mol. The fourth-order valence-electron chi connectivity index (χ4n) is 1.45. The molecule has 0 bridgehead atoms. The highest BCUT2D eigenvalue weighted by Crippen LogP contribution is 2.25. The monoisotopic (exact) mass is 226 g/mol. The number of hydrogen-bond donors (Lipinski definition) is 2. The van der Waals surface area contributed by atoms with Crippen molar-refractivity contribution in [1.29, 1.82) is 0 Å². The van der Waals surface area contributed by atoms with Crippen LogP contribution in [0.25, 0.3) is 0 Å².